The summed E-state index contributed by atoms with van der Waals surface area (Å²) < 4.78 is 12.0. The second-order valence-electron chi connectivity index (χ2n) is 6.16. The number of likely N-dealkylation sites (tertiary alicyclic amines) is 1. The van der Waals surface area contributed by atoms with Crippen LogP contribution in [0.3, 0.4) is 0 Å². The molecule has 0 saturated carbocycles. The Balaban J connectivity index is 2.08. The zero-order valence-corrected chi connectivity index (χ0v) is 16.1. The molecule has 1 saturated heterocycles. The van der Waals surface area contributed by atoms with Crippen LogP contribution in [0, 0.1) is 5.92 Å². The van der Waals surface area contributed by atoms with Gasteiger partial charge in [0.25, 0.3) is 0 Å². The van der Waals surface area contributed by atoms with Gasteiger partial charge in [-0.1, -0.05) is 19.8 Å². The Bertz CT molecular complexity index is 634. The van der Waals surface area contributed by atoms with E-state index in [1.165, 1.54) is 4.90 Å². The van der Waals surface area contributed by atoms with Crippen LogP contribution in [0.1, 0.15) is 38.2 Å². The minimum Gasteiger partial charge on any atom is -0.550 e. The minimum absolute atomic E-state index is 0.000733. The number of halogens is 1. The molecule has 25 heavy (non-hydrogen) atoms. The van der Waals surface area contributed by atoms with E-state index in [4.69, 9.17) is 9.47 Å². The normalized spacial score (nSPS) is 17.0. The van der Waals surface area contributed by atoms with E-state index in [0.29, 0.717) is 24.7 Å². The molecule has 1 fully saturated rings. The Kier molecular flexibility index (Phi) is 7.11. The Hall–Kier alpha value is -1.76. The molecule has 0 aliphatic carbocycles. The Labute approximate surface area is 156 Å². The largest absolute Gasteiger partial charge is 0.550 e. The van der Waals surface area contributed by atoms with Crippen molar-refractivity contribution in [3.63, 3.8) is 0 Å². The maximum Gasteiger partial charge on any atom is 0.223 e. The molecule has 1 amide bonds. The van der Waals surface area contributed by atoms with Gasteiger partial charge in [0.1, 0.15) is 0 Å². The highest BCUT2D eigenvalue weighted by atomic mass is 79.9. The summed E-state index contributed by atoms with van der Waals surface area (Å²) in [6.07, 6.45) is 3.20. The van der Waals surface area contributed by atoms with E-state index >= 15 is 0 Å². The van der Waals surface area contributed by atoms with Crippen molar-refractivity contribution < 1.29 is 24.2 Å². The highest BCUT2D eigenvalue weighted by Crippen LogP contribution is 2.37. The van der Waals surface area contributed by atoms with Crippen LogP contribution in [-0.2, 0) is 16.1 Å². The van der Waals surface area contributed by atoms with Gasteiger partial charge in [-0.25, -0.2) is 0 Å². The van der Waals surface area contributed by atoms with Crippen LogP contribution >= 0.6 is 15.9 Å². The first-order valence-electron chi connectivity index (χ1n) is 8.44. The summed E-state index contributed by atoms with van der Waals surface area (Å²) in [5.74, 6) is -0.861. The number of rotatable bonds is 9. The number of carbonyl (C=O) groups is 2. The number of ether oxygens (including phenoxy) is 2. The van der Waals surface area contributed by atoms with Crippen LogP contribution in [0.2, 0.25) is 0 Å². The standard InChI is InChI=1S/C18H24BrNO5/c1-3-4-5-6-25-17-14(19)7-12(8-15(17)24-2)10-20-11-13(18(22)23)9-16(20)21/h7-8,13H,3-6,9-11H2,1-2H3,(H,22,23)/p-1/t13-/m0/s1. The molecule has 1 aromatic rings. The molecule has 1 aliphatic rings. The van der Waals surface area contributed by atoms with E-state index in [0.717, 1.165) is 29.3 Å². The summed E-state index contributed by atoms with van der Waals surface area (Å²) in [6, 6.07) is 3.69. The predicted molar refractivity (Wildman–Crippen MR) is 94.2 cm³/mol. The van der Waals surface area contributed by atoms with Crippen LogP contribution in [-0.4, -0.2) is 37.0 Å². The number of nitrogens with zero attached hydrogens (tertiary/aromatic N) is 1. The first-order valence-corrected chi connectivity index (χ1v) is 9.23. The molecule has 0 radical (unpaired) electrons. The number of carbonyl (C=O) groups excluding carboxylic acids is 2. The fourth-order valence-corrected chi connectivity index (χ4v) is 3.44. The molecular formula is C18H23BrNO5-. The zero-order chi connectivity index (χ0) is 18.4. The van der Waals surface area contributed by atoms with Gasteiger partial charge in [0.2, 0.25) is 5.91 Å². The highest BCUT2D eigenvalue weighted by molar-refractivity contribution is 9.10. The lowest BCUT2D eigenvalue weighted by atomic mass is 10.1. The van der Waals surface area contributed by atoms with E-state index in [9.17, 15) is 14.7 Å². The molecule has 0 bridgehead atoms. The molecule has 0 N–H and O–H groups in total. The van der Waals surface area contributed by atoms with Gasteiger partial charge in [-0.2, -0.15) is 0 Å². The summed E-state index contributed by atoms with van der Waals surface area (Å²) >= 11 is 3.50. The third-order valence-electron chi connectivity index (χ3n) is 4.20. The van der Waals surface area contributed by atoms with Gasteiger partial charge in [0.05, 0.1) is 18.2 Å². The van der Waals surface area contributed by atoms with Crippen molar-refractivity contribution in [2.24, 2.45) is 5.92 Å². The Morgan fingerprint density at radius 2 is 2.16 bits per heavy atom. The Morgan fingerprint density at radius 3 is 2.76 bits per heavy atom. The second-order valence-corrected chi connectivity index (χ2v) is 7.01. The second kappa shape index (κ2) is 9.08. The summed E-state index contributed by atoms with van der Waals surface area (Å²) in [6.45, 7) is 3.25. The van der Waals surface area contributed by atoms with Crippen LogP contribution < -0.4 is 14.6 Å². The first-order chi connectivity index (χ1) is 12.0. The summed E-state index contributed by atoms with van der Waals surface area (Å²) in [5.41, 5.74) is 0.844. The average molecular weight is 413 g/mol. The summed E-state index contributed by atoms with van der Waals surface area (Å²) in [4.78, 5) is 24.5. The van der Waals surface area contributed by atoms with E-state index in [1.807, 2.05) is 12.1 Å². The molecule has 6 nitrogen and oxygen atoms in total. The van der Waals surface area contributed by atoms with Crippen molar-refractivity contribution in [2.75, 3.05) is 20.3 Å². The van der Waals surface area contributed by atoms with Crippen molar-refractivity contribution >= 4 is 27.8 Å². The molecule has 7 heteroatoms. The molecule has 1 atom stereocenters. The van der Waals surface area contributed by atoms with E-state index < -0.39 is 11.9 Å². The lowest BCUT2D eigenvalue weighted by molar-refractivity contribution is -0.311. The summed E-state index contributed by atoms with van der Waals surface area (Å²) in [7, 11) is 1.57. The third-order valence-corrected chi connectivity index (χ3v) is 4.79. The van der Waals surface area contributed by atoms with Gasteiger partial charge in [-0.15, -0.1) is 0 Å². The van der Waals surface area contributed by atoms with Gasteiger partial charge < -0.3 is 24.3 Å². The molecule has 0 unspecified atom stereocenters. The number of hydrogen-bond acceptors (Lipinski definition) is 5. The van der Waals surface area contributed by atoms with E-state index in [1.54, 1.807) is 7.11 Å². The zero-order valence-electron chi connectivity index (χ0n) is 14.5. The summed E-state index contributed by atoms with van der Waals surface area (Å²) in [5, 5.41) is 11.0. The van der Waals surface area contributed by atoms with Crippen molar-refractivity contribution in [3.8, 4) is 11.5 Å². The number of methoxy groups -OCH3 is 1. The molecular weight excluding hydrogens is 390 g/mol. The number of aliphatic carboxylic acids is 1. The fourth-order valence-electron chi connectivity index (χ4n) is 2.83. The van der Waals surface area contributed by atoms with Gasteiger partial charge in [-0.05, 0) is 40.0 Å². The predicted octanol–water partition coefficient (Wildman–Crippen LogP) is 2.13. The number of carboxylic acids is 1. The highest BCUT2D eigenvalue weighted by Gasteiger charge is 2.30. The van der Waals surface area contributed by atoms with E-state index in [2.05, 4.69) is 22.9 Å². The topological polar surface area (TPSA) is 78.9 Å². The molecule has 1 heterocycles. The average Bonchev–Trinajstić information content (AvgIpc) is 2.94. The molecule has 1 aliphatic heterocycles. The van der Waals surface area contributed by atoms with Crippen molar-refractivity contribution in [3.05, 3.63) is 22.2 Å². The lowest BCUT2D eigenvalue weighted by Crippen LogP contribution is -2.33. The Morgan fingerprint density at radius 1 is 1.40 bits per heavy atom. The number of carboxylic acid groups (broad SMARTS) is 1. The number of benzene rings is 1. The number of hydrogen-bond donors (Lipinski definition) is 0. The van der Waals surface area contributed by atoms with Crippen LogP contribution in [0.5, 0.6) is 11.5 Å². The molecule has 2 rings (SSSR count). The maximum absolute atomic E-state index is 12.0. The number of amides is 1. The quantitative estimate of drug-likeness (QED) is 0.580. The molecule has 138 valence electrons. The first kappa shape index (κ1) is 19.6. The van der Waals surface area contributed by atoms with Crippen LogP contribution in [0.25, 0.3) is 0 Å². The lowest BCUT2D eigenvalue weighted by Gasteiger charge is -2.19. The SMILES string of the molecule is CCCCCOc1c(Br)cc(CN2C[C@@H](C(=O)[O-])CC2=O)cc1OC. The fraction of sp³-hybridized carbons (Fsp3) is 0.556. The maximum atomic E-state index is 12.0. The van der Waals surface area contributed by atoms with E-state index in [-0.39, 0.29) is 18.9 Å². The smallest absolute Gasteiger partial charge is 0.223 e. The van der Waals surface area contributed by atoms with Crippen molar-refractivity contribution in [1.29, 1.82) is 0 Å². The van der Waals surface area contributed by atoms with Gasteiger partial charge in [0.15, 0.2) is 11.5 Å². The van der Waals surface area contributed by atoms with Crippen LogP contribution in [0.15, 0.2) is 16.6 Å². The van der Waals surface area contributed by atoms with Crippen molar-refractivity contribution in [2.45, 2.75) is 39.2 Å². The molecule has 0 aromatic heterocycles. The van der Waals surface area contributed by atoms with Gasteiger partial charge in [0, 0.05) is 31.4 Å². The van der Waals surface area contributed by atoms with Gasteiger partial charge in [-0.3, -0.25) is 4.79 Å². The van der Waals surface area contributed by atoms with Crippen LogP contribution in [0.4, 0.5) is 0 Å². The minimum atomic E-state index is -1.18. The van der Waals surface area contributed by atoms with Crippen molar-refractivity contribution in [1.82, 2.24) is 4.90 Å². The molecule has 1 aromatic carbocycles. The number of unbranched alkanes of at least 4 members (excludes halogenated alkanes) is 2. The molecule has 0 spiro atoms. The monoisotopic (exact) mass is 412 g/mol. The van der Waals surface area contributed by atoms with Gasteiger partial charge >= 0.3 is 0 Å². The third kappa shape index (κ3) is 5.11.